The SMILES string of the molecule is CCCCCCNC[C@H]1O[C@H](OCCCC)[C@H](O)[C@@H](O)[C@@H]1O. The van der Waals surface area contributed by atoms with Crippen LogP contribution < -0.4 is 5.32 Å². The van der Waals surface area contributed by atoms with Gasteiger partial charge in [-0.1, -0.05) is 39.5 Å². The molecule has 0 saturated carbocycles. The number of hydrogen-bond donors (Lipinski definition) is 4. The molecule has 0 spiro atoms. The van der Waals surface area contributed by atoms with E-state index < -0.39 is 30.7 Å². The first-order valence-corrected chi connectivity index (χ1v) is 8.63. The molecule has 1 heterocycles. The molecular weight excluding hydrogens is 286 g/mol. The molecule has 0 aromatic heterocycles. The monoisotopic (exact) mass is 319 g/mol. The van der Waals surface area contributed by atoms with Crippen LogP contribution in [0, 0.1) is 0 Å². The molecule has 1 aliphatic rings. The van der Waals surface area contributed by atoms with Crippen molar-refractivity contribution < 1.29 is 24.8 Å². The maximum absolute atomic E-state index is 10.0. The zero-order chi connectivity index (χ0) is 16.4. The minimum absolute atomic E-state index is 0.435. The molecule has 1 fully saturated rings. The highest BCUT2D eigenvalue weighted by molar-refractivity contribution is 4.90. The van der Waals surface area contributed by atoms with Crippen LogP contribution in [0.3, 0.4) is 0 Å². The van der Waals surface area contributed by atoms with Crippen LogP contribution in [0.25, 0.3) is 0 Å². The molecule has 0 aromatic carbocycles. The van der Waals surface area contributed by atoms with E-state index in [2.05, 4.69) is 12.2 Å². The normalized spacial score (nSPS) is 32.3. The minimum Gasteiger partial charge on any atom is -0.388 e. The standard InChI is InChI=1S/C16H33NO5/c1-3-5-7-8-9-17-11-12-13(18)14(19)15(20)16(22-12)21-10-6-4-2/h12-20H,3-11H2,1-2H3/t12-,13-,14+,15-,16+/m1/s1. The fraction of sp³-hybridized carbons (Fsp3) is 1.00. The summed E-state index contributed by atoms with van der Waals surface area (Å²) < 4.78 is 11.1. The quantitative estimate of drug-likeness (QED) is 0.421. The van der Waals surface area contributed by atoms with E-state index in [4.69, 9.17) is 9.47 Å². The molecule has 6 nitrogen and oxygen atoms in total. The van der Waals surface area contributed by atoms with Crippen molar-refractivity contribution in [2.45, 2.75) is 83.1 Å². The van der Waals surface area contributed by atoms with E-state index in [0.29, 0.717) is 13.2 Å². The van der Waals surface area contributed by atoms with E-state index in [1.807, 2.05) is 6.92 Å². The Morgan fingerprint density at radius 1 is 0.909 bits per heavy atom. The van der Waals surface area contributed by atoms with Crippen molar-refractivity contribution in [1.29, 1.82) is 0 Å². The summed E-state index contributed by atoms with van der Waals surface area (Å²) in [5.41, 5.74) is 0. The summed E-state index contributed by atoms with van der Waals surface area (Å²) in [6.07, 6.45) is 1.52. The van der Waals surface area contributed by atoms with Crippen molar-refractivity contribution in [1.82, 2.24) is 5.32 Å². The summed E-state index contributed by atoms with van der Waals surface area (Å²) in [6.45, 7) is 5.98. The van der Waals surface area contributed by atoms with Gasteiger partial charge in [-0.3, -0.25) is 0 Å². The van der Waals surface area contributed by atoms with Gasteiger partial charge in [-0.05, 0) is 19.4 Å². The number of rotatable bonds is 11. The number of unbranched alkanes of at least 4 members (excludes halogenated alkanes) is 4. The van der Waals surface area contributed by atoms with Crippen molar-refractivity contribution in [3.8, 4) is 0 Å². The fourth-order valence-electron chi connectivity index (χ4n) is 2.49. The summed E-state index contributed by atoms with van der Waals surface area (Å²) in [5, 5.41) is 33.1. The van der Waals surface area contributed by atoms with Gasteiger partial charge in [0.05, 0.1) is 0 Å². The van der Waals surface area contributed by atoms with E-state index in [9.17, 15) is 15.3 Å². The van der Waals surface area contributed by atoms with Crippen molar-refractivity contribution in [3.63, 3.8) is 0 Å². The maximum atomic E-state index is 10.0. The van der Waals surface area contributed by atoms with Gasteiger partial charge in [0.1, 0.15) is 24.4 Å². The molecule has 0 bridgehead atoms. The molecule has 5 atom stereocenters. The van der Waals surface area contributed by atoms with Crippen LogP contribution in [0.4, 0.5) is 0 Å². The Balaban J connectivity index is 2.34. The third kappa shape index (κ3) is 6.48. The Kier molecular flexibility index (Phi) is 10.2. The second-order valence-electron chi connectivity index (χ2n) is 6.00. The number of aliphatic hydroxyl groups excluding tert-OH is 3. The second-order valence-corrected chi connectivity index (χ2v) is 6.00. The van der Waals surface area contributed by atoms with E-state index in [1.165, 1.54) is 19.3 Å². The lowest BCUT2D eigenvalue weighted by atomic mass is 9.99. The summed E-state index contributed by atoms with van der Waals surface area (Å²) in [6, 6.07) is 0. The van der Waals surface area contributed by atoms with Crippen LogP contribution in [0.1, 0.15) is 52.4 Å². The average molecular weight is 319 g/mol. The van der Waals surface area contributed by atoms with Gasteiger partial charge in [0.15, 0.2) is 6.29 Å². The molecule has 6 heteroatoms. The van der Waals surface area contributed by atoms with Crippen LogP contribution in [0.15, 0.2) is 0 Å². The maximum Gasteiger partial charge on any atom is 0.186 e. The molecule has 22 heavy (non-hydrogen) atoms. The molecule has 0 unspecified atom stereocenters. The third-order valence-electron chi connectivity index (χ3n) is 4.00. The van der Waals surface area contributed by atoms with Crippen LogP contribution in [-0.4, -0.2) is 65.7 Å². The second kappa shape index (κ2) is 11.3. The number of ether oxygens (including phenoxy) is 2. The topological polar surface area (TPSA) is 91.2 Å². The highest BCUT2D eigenvalue weighted by atomic mass is 16.7. The fourth-order valence-corrected chi connectivity index (χ4v) is 2.49. The molecular formula is C16H33NO5. The minimum atomic E-state index is -1.24. The molecule has 132 valence electrons. The Morgan fingerprint density at radius 3 is 2.32 bits per heavy atom. The molecule has 1 rings (SSSR count). The predicted molar refractivity (Wildman–Crippen MR) is 84.6 cm³/mol. The van der Waals surface area contributed by atoms with Gasteiger partial charge < -0.3 is 30.1 Å². The average Bonchev–Trinajstić information content (AvgIpc) is 2.52. The summed E-state index contributed by atoms with van der Waals surface area (Å²) in [5.74, 6) is 0. The highest BCUT2D eigenvalue weighted by Gasteiger charge is 2.43. The summed E-state index contributed by atoms with van der Waals surface area (Å²) in [7, 11) is 0. The summed E-state index contributed by atoms with van der Waals surface area (Å²) >= 11 is 0. The van der Waals surface area contributed by atoms with E-state index >= 15 is 0 Å². The smallest absolute Gasteiger partial charge is 0.186 e. The molecule has 0 amide bonds. The lowest BCUT2D eigenvalue weighted by molar-refractivity contribution is -0.295. The van der Waals surface area contributed by atoms with Crippen molar-refractivity contribution in [2.24, 2.45) is 0 Å². The van der Waals surface area contributed by atoms with Gasteiger partial charge in [0, 0.05) is 13.2 Å². The van der Waals surface area contributed by atoms with Crippen LogP contribution >= 0.6 is 0 Å². The third-order valence-corrected chi connectivity index (χ3v) is 4.00. The molecule has 1 saturated heterocycles. The van der Waals surface area contributed by atoms with E-state index in [1.54, 1.807) is 0 Å². The first-order valence-electron chi connectivity index (χ1n) is 8.63. The van der Waals surface area contributed by atoms with E-state index in [0.717, 1.165) is 25.8 Å². The first kappa shape index (κ1) is 19.8. The van der Waals surface area contributed by atoms with Crippen molar-refractivity contribution in [3.05, 3.63) is 0 Å². The van der Waals surface area contributed by atoms with Crippen molar-refractivity contribution >= 4 is 0 Å². The largest absolute Gasteiger partial charge is 0.388 e. The van der Waals surface area contributed by atoms with Crippen LogP contribution in [0.2, 0.25) is 0 Å². The predicted octanol–water partition coefficient (Wildman–Crippen LogP) is 0.781. The lowest BCUT2D eigenvalue weighted by Gasteiger charge is -2.40. The first-order chi connectivity index (χ1) is 10.6. The lowest BCUT2D eigenvalue weighted by Crippen LogP contribution is -2.60. The number of hydrogen-bond acceptors (Lipinski definition) is 6. The Bertz CT molecular complexity index is 279. The van der Waals surface area contributed by atoms with Crippen LogP contribution in [-0.2, 0) is 9.47 Å². The van der Waals surface area contributed by atoms with E-state index in [-0.39, 0.29) is 0 Å². The highest BCUT2D eigenvalue weighted by Crippen LogP contribution is 2.22. The van der Waals surface area contributed by atoms with Gasteiger partial charge in [0.25, 0.3) is 0 Å². The zero-order valence-electron chi connectivity index (χ0n) is 13.9. The van der Waals surface area contributed by atoms with Gasteiger partial charge >= 0.3 is 0 Å². The molecule has 0 aromatic rings. The molecule has 1 aliphatic heterocycles. The number of aliphatic hydroxyl groups is 3. The zero-order valence-corrected chi connectivity index (χ0v) is 13.9. The van der Waals surface area contributed by atoms with Gasteiger partial charge in [0.2, 0.25) is 0 Å². The number of nitrogens with one attached hydrogen (secondary N) is 1. The summed E-state index contributed by atoms with van der Waals surface area (Å²) in [4.78, 5) is 0. The van der Waals surface area contributed by atoms with Crippen LogP contribution in [0.5, 0.6) is 0 Å². The van der Waals surface area contributed by atoms with Gasteiger partial charge in [-0.2, -0.15) is 0 Å². The Hall–Kier alpha value is -0.240. The molecule has 0 aliphatic carbocycles. The van der Waals surface area contributed by atoms with Gasteiger partial charge in [-0.15, -0.1) is 0 Å². The molecule has 4 N–H and O–H groups in total. The Morgan fingerprint density at radius 2 is 1.64 bits per heavy atom. The van der Waals surface area contributed by atoms with Crippen molar-refractivity contribution in [2.75, 3.05) is 19.7 Å². The Labute approximate surface area is 133 Å². The molecule has 0 radical (unpaired) electrons. The van der Waals surface area contributed by atoms with Gasteiger partial charge in [-0.25, -0.2) is 0 Å².